The van der Waals surface area contributed by atoms with E-state index in [2.05, 4.69) is 9.98 Å². The molecule has 0 amide bonds. The van der Waals surface area contributed by atoms with Gasteiger partial charge in [0.2, 0.25) is 5.96 Å². The Bertz CT molecular complexity index is 935. The Kier molecular flexibility index (Phi) is 8.15. The highest BCUT2D eigenvalue weighted by molar-refractivity contribution is 6.32. The molecule has 2 aromatic carbocycles. The molecular weight excluding hydrogens is 439 g/mol. The van der Waals surface area contributed by atoms with Crippen LogP contribution in [0.4, 0.5) is 5.69 Å². The zero-order valence-corrected chi connectivity index (χ0v) is 19.0. The average molecular weight is 465 g/mol. The number of benzene rings is 2. The first-order chi connectivity index (χ1) is 14.8. The van der Waals surface area contributed by atoms with Gasteiger partial charge in [0.15, 0.2) is 0 Å². The Morgan fingerprint density at radius 2 is 1.90 bits per heavy atom. The molecule has 9 heteroatoms. The van der Waals surface area contributed by atoms with E-state index in [0.717, 1.165) is 5.56 Å². The van der Waals surface area contributed by atoms with Gasteiger partial charge in [0.1, 0.15) is 5.75 Å². The van der Waals surface area contributed by atoms with Crippen molar-refractivity contribution in [2.75, 3.05) is 19.8 Å². The summed E-state index contributed by atoms with van der Waals surface area (Å²) >= 11 is 12.4. The van der Waals surface area contributed by atoms with E-state index in [-0.39, 0.29) is 19.3 Å². The largest absolute Gasteiger partial charge is 0.489 e. The molecular formula is C22H26Cl2N4O3. The number of nitrogens with zero attached hydrogens (tertiary/aromatic N) is 4. The highest BCUT2D eigenvalue weighted by Crippen LogP contribution is 2.30. The molecule has 0 spiro atoms. The summed E-state index contributed by atoms with van der Waals surface area (Å²) in [5, 5.41) is 20.1. The van der Waals surface area contributed by atoms with Gasteiger partial charge in [-0.15, -0.1) is 0 Å². The van der Waals surface area contributed by atoms with Gasteiger partial charge in [-0.05, 0) is 49.7 Å². The fraction of sp³-hybridized carbons (Fsp3) is 0.364. The van der Waals surface area contributed by atoms with Crippen LogP contribution in [0.5, 0.6) is 5.75 Å². The third-order valence-corrected chi connectivity index (χ3v) is 4.97. The maximum atomic E-state index is 9.79. The van der Waals surface area contributed by atoms with Gasteiger partial charge < -0.3 is 24.7 Å². The molecule has 166 valence electrons. The maximum Gasteiger partial charge on any atom is 0.229 e. The predicted molar refractivity (Wildman–Crippen MR) is 124 cm³/mol. The van der Waals surface area contributed by atoms with Crippen molar-refractivity contribution in [2.45, 2.75) is 32.6 Å². The molecule has 31 heavy (non-hydrogen) atoms. The normalized spacial score (nSPS) is 16.3. The zero-order chi connectivity index (χ0) is 22.4. The number of hydrogen-bond acceptors (Lipinski definition) is 5. The summed E-state index contributed by atoms with van der Waals surface area (Å²) in [4.78, 5) is 12.9. The second-order valence-electron chi connectivity index (χ2n) is 7.51. The fourth-order valence-electron chi connectivity index (χ4n) is 3.02. The number of aliphatic imine (C=N–C) groups is 2. The number of guanidine groups is 1. The van der Waals surface area contributed by atoms with Gasteiger partial charge >= 0.3 is 0 Å². The number of aliphatic hydroxyl groups is 2. The van der Waals surface area contributed by atoms with Gasteiger partial charge in [-0.25, -0.2) is 9.98 Å². The summed E-state index contributed by atoms with van der Waals surface area (Å²) in [6, 6.07) is 12.9. The van der Waals surface area contributed by atoms with Crippen LogP contribution in [0.3, 0.4) is 0 Å². The van der Waals surface area contributed by atoms with Crippen molar-refractivity contribution in [1.29, 1.82) is 0 Å². The molecule has 0 radical (unpaired) electrons. The second-order valence-corrected chi connectivity index (χ2v) is 8.35. The van der Waals surface area contributed by atoms with Crippen LogP contribution in [-0.4, -0.2) is 64.3 Å². The smallest absolute Gasteiger partial charge is 0.229 e. The Balaban J connectivity index is 1.86. The summed E-state index contributed by atoms with van der Waals surface area (Å²) in [6.45, 7) is 4.82. The van der Waals surface area contributed by atoms with Crippen molar-refractivity contribution in [3.63, 3.8) is 0 Å². The monoisotopic (exact) mass is 464 g/mol. The fourth-order valence-corrected chi connectivity index (χ4v) is 3.37. The Hall–Kier alpha value is -2.32. The van der Waals surface area contributed by atoms with Gasteiger partial charge in [-0.1, -0.05) is 35.3 Å². The minimum atomic E-state index is -0.852. The van der Waals surface area contributed by atoms with Gasteiger partial charge in [-0.2, -0.15) is 0 Å². The standard InChI is InChI=1S/C22H26Cl2N4O3/c1-15(2)31-21-8-7-18(9-20(21)24)26-22-25-13-27(11-19(30)12-29)14-28(22)10-16-3-5-17(23)6-4-16/h3-9,13,15,19,29-30H,10-12,14H2,1-2H3/t19-/m1/s1. The van der Waals surface area contributed by atoms with Crippen LogP contribution in [0.25, 0.3) is 0 Å². The van der Waals surface area contributed by atoms with E-state index in [4.69, 9.17) is 33.0 Å². The molecule has 3 rings (SSSR count). The number of aliphatic hydroxyl groups excluding tert-OH is 2. The number of halogens is 2. The number of rotatable bonds is 8. The molecule has 0 bridgehead atoms. The average Bonchev–Trinajstić information content (AvgIpc) is 2.73. The Morgan fingerprint density at radius 3 is 2.55 bits per heavy atom. The third-order valence-electron chi connectivity index (χ3n) is 4.42. The topological polar surface area (TPSA) is 80.9 Å². The molecule has 1 atom stereocenters. The van der Waals surface area contributed by atoms with E-state index in [9.17, 15) is 5.11 Å². The molecule has 2 N–H and O–H groups in total. The van der Waals surface area contributed by atoms with E-state index in [1.165, 1.54) is 0 Å². The van der Waals surface area contributed by atoms with E-state index >= 15 is 0 Å². The lowest BCUT2D eigenvalue weighted by atomic mass is 10.2. The Labute approximate surface area is 192 Å². The SMILES string of the molecule is CC(C)Oc1ccc(N=C2N=CN(C[C@@H](O)CO)CN2Cc2ccc(Cl)cc2)cc1Cl. The quantitative estimate of drug-likeness (QED) is 0.618. The lowest BCUT2D eigenvalue weighted by molar-refractivity contribution is 0.0686. The van der Waals surface area contributed by atoms with Crippen LogP contribution in [0.2, 0.25) is 10.0 Å². The third kappa shape index (κ3) is 6.83. The molecule has 0 fully saturated rings. The van der Waals surface area contributed by atoms with Crippen LogP contribution < -0.4 is 4.74 Å². The first-order valence-electron chi connectivity index (χ1n) is 9.95. The van der Waals surface area contributed by atoms with Gasteiger partial charge in [0.25, 0.3) is 0 Å². The number of ether oxygens (including phenoxy) is 1. The molecule has 1 aliphatic rings. The zero-order valence-electron chi connectivity index (χ0n) is 17.4. The van der Waals surface area contributed by atoms with Gasteiger partial charge in [0, 0.05) is 18.1 Å². The minimum Gasteiger partial charge on any atom is -0.489 e. The summed E-state index contributed by atoms with van der Waals surface area (Å²) in [6.07, 6.45) is 0.788. The van der Waals surface area contributed by atoms with E-state index in [0.29, 0.717) is 40.7 Å². The van der Waals surface area contributed by atoms with Crippen LogP contribution in [0, 0.1) is 0 Å². The highest BCUT2D eigenvalue weighted by atomic mass is 35.5. The van der Waals surface area contributed by atoms with Gasteiger partial charge in [-0.3, -0.25) is 0 Å². The van der Waals surface area contributed by atoms with Crippen LogP contribution in [0.1, 0.15) is 19.4 Å². The summed E-state index contributed by atoms with van der Waals surface area (Å²) < 4.78 is 5.68. The summed E-state index contributed by atoms with van der Waals surface area (Å²) in [5.74, 6) is 1.12. The molecule has 2 aromatic rings. The minimum absolute atomic E-state index is 0.0210. The van der Waals surface area contributed by atoms with Crippen LogP contribution >= 0.6 is 23.2 Å². The molecule has 1 heterocycles. The lowest BCUT2D eigenvalue weighted by Gasteiger charge is -2.34. The summed E-state index contributed by atoms with van der Waals surface area (Å²) in [5.41, 5.74) is 1.69. The Morgan fingerprint density at radius 1 is 1.16 bits per heavy atom. The van der Waals surface area contributed by atoms with Crippen molar-refractivity contribution in [2.24, 2.45) is 9.98 Å². The number of β-amino-alcohol motifs (C(OH)–C–C–N with tert-alkyl or cyclic N) is 1. The summed E-state index contributed by atoms with van der Waals surface area (Å²) in [7, 11) is 0. The first kappa shape index (κ1) is 23.3. The predicted octanol–water partition coefficient (Wildman–Crippen LogP) is 3.92. The van der Waals surface area contributed by atoms with E-state index in [1.807, 2.05) is 54.0 Å². The molecule has 7 nitrogen and oxygen atoms in total. The molecule has 0 saturated carbocycles. The molecule has 1 aliphatic heterocycles. The van der Waals surface area contributed by atoms with Crippen molar-refractivity contribution < 1.29 is 14.9 Å². The molecule has 0 aliphatic carbocycles. The van der Waals surface area contributed by atoms with Crippen molar-refractivity contribution in [3.8, 4) is 5.75 Å². The molecule has 0 aromatic heterocycles. The molecule has 0 saturated heterocycles. The maximum absolute atomic E-state index is 9.79. The second kappa shape index (κ2) is 10.8. The van der Waals surface area contributed by atoms with Crippen molar-refractivity contribution in [1.82, 2.24) is 9.80 Å². The number of hydrogen-bond donors (Lipinski definition) is 2. The van der Waals surface area contributed by atoms with E-state index < -0.39 is 6.10 Å². The lowest BCUT2D eigenvalue weighted by Crippen LogP contribution is -2.47. The van der Waals surface area contributed by atoms with Crippen LogP contribution in [-0.2, 0) is 6.54 Å². The molecule has 0 unspecified atom stereocenters. The first-order valence-corrected chi connectivity index (χ1v) is 10.7. The van der Waals surface area contributed by atoms with Gasteiger partial charge in [0.05, 0.1) is 42.5 Å². The van der Waals surface area contributed by atoms with E-state index in [1.54, 1.807) is 18.5 Å². The van der Waals surface area contributed by atoms with Crippen molar-refractivity contribution >= 4 is 41.2 Å². The van der Waals surface area contributed by atoms with Crippen molar-refractivity contribution in [3.05, 3.63) is 58.1 Å². The van der Waals surface area contributed by atoms with Crippen LogP contribution in [0.15, 0.2) is 52.4 Å². The highest BCUT2D eigenvalue weighted by Gasteiger charge is 2.21.